The molecule has 0 aliphatic carbocycles. The summed E-state index contributed by atoms with van der Waals surface area (Å²) in [4.78, 5) is 41.8. The van der Waals surface area contributed by atoms with Crippen LogP contribution >= 0.6 is 0 Å². The smallest absolute Gasteiger partial charge is 0.333 e. The fourth-order valence-electron chi connectivity index (χ4n) is 3.79. The number of hydrogen-bond donors (Lipinski definition) is 2. The molecule has 0 fully saturated rings. The maximum Gasteiger partial charge on any atom is 0.333 e. The highest BCUT2D eigenvalue weighted by molar-refractivity contribution is 6.05. The third kappa shape index (κ3) is 5.35. The summed E-state index contributed by atoms with van der Waals surface area (Å²) in [5.74, 6) is -1.81. The Morgan fingerprint density at radius 3 is 2.43 bits per heavy atom. The van der Waals surface area contributed by atoms with Crippen molar-refractivity contribution in [3.05, 3.63) is 95.6 Å². The molecule has 8 nitrogen and oxygen atoms in total. The molecule has 4 rings (SSSR count). The molecule has 2 N–H and O–H groups in total. The zero-order valence-electron chi connectivity index (χ0n) is 19.1. The van der Waals surface area contributed by atoms with Crippen LogP contribution in [0.5, 0.6) is 0 Å². The van der Waals surface area contributed by atoms with Gasteiger partial charge in [-0.3, -0.25) is 9.59 Å². The Labute approximate surface area is 200 Å². The van der Waals surface area contributed by atoms with E-state index >= 15 is 0 Å². The molecular formula is C26H23FN4O4. The Morgan fingerprint density at radius 1 is 1.06 bits per heavy atom. The summed E-state index contributed by atoms with van der Waals surface area (Å²) in [6.45, 7) is 1.75. The quantitative estimate of drug-likeness (QED) is 0.397. The monoisotopic (exact) mass is 474 g/mol. The first-order chi connectivity index (χ1) is 16.9. The molecule has 0 saturated carbocycles. The zero-order valence-corrected chi connectivity index (χ0v) is 19.1. The van der Waals surface area contributed by atoms with Gasteiger partial charge in [-0.15, -0.1) is 0 Å². The van der Waals surface area contributed by atoms with Crippen molar-refractivity contribution in [3.63, 3.8) is 0 Å². The number of halogens is 1. The fourth-order valence-corrected chi connectivity index (χ4v) is 3.79. The first kappa shape index (κ1) is 23.6. The van der Waals surface area contributed by atoms with E-state index in [1.54, 1.807) is 59.4 Å². The number of nitrogens with zero attached hydrogens (tertiary/aromatic N) is 2. The van der Waals surface area contributed by atoms with E-state index in [-0.39, 0.29) is 17.3 Å². The number of benzene rings is 3. The van der Waals surface area contributed by atoms with Gasteiger partial charge >= 0.3 is 5.97 Å². The molecule has 0 saturated heterocycles. The van der Waals surface area contributed by atoms with Gasteiger partial charge in [-0.25, -0.2) is 14.2 Å². The topological polar surface area (TPSA) is 102 Å². The van der Waals surface area contributed by atoms with Crippen LogP contribution in [0.4, 0.5) is 10.1 Å². The van der Waals surface area contributed by atoms with Gasteiger partial charge in [0.05, 0.1) is 30.2 Å². The van der Waals surface area contributed by atoms with Crippen molar-refractivity contribution in [2.45, 2.75) is 19.5 Å². The maximum atomic E-state index is 13.3. The Balaban J connectivity index is 1.70. The standard InChI is InChI=1S/C26H23FN4O4/c1-16(32)29-22-13-19(25(33)30-23(26(34)35-2)18-6-4-3-5-7-18)12-21-24(22)31(15-28-21)14-17-8-10-20(27)11-9-17/h3-13,15,23H,14H2,1-2H3,(H,29,32)(H,30,33)/t23-/m0/s1. The molecule has 0 radical (unpaired) electrons. The molecule has 1 atom stereocenters. The number of aromatic nitrogens is 2. The summed E-state index contributed by atoms with van der Waals surface area (Å²) >= 11 is 0. The van der Waals surface area contributed by atoms with Gasteiger partial charge in [-0.2, -0.15) is 0 Å². The van der Waals surface area contributed by atoms with Crippen molar-refractivity contribution in [3.8, 4) is 0 Å². The predicted molar refractivity (Wildman–Crippen MR) is 128 cm³/mol. The highest BCUT2D eigenvalue weighted by atomic mass is 19.1. The van der Waals surface area contributed by atoms with E-state index in [1.807, 2.05) is 0 Å². The van der Waals surface area contributed by atoms with E-state index in [0.717, 1.165) is 5.56 Å². The number of imidazole rings is 1. The highest BCUT2D eigenvalue weighted by Gasteiger charge is 2.25. The third-order valence-corrected chi connectivity index (χ3v) is 5.40. The lowest BCUT2D eigenvalue weighted by Crippen LogP contribution is -2.34. The van der Waals surface area contributed by atoms with Gasteiger partial charge in [0.1, 0.15) is 5.82 Å². The summed E-state index contributed by atoms with van der Waals surface area (Å²) < 4.78 is 20.0. The second-order valence-electron chi connectivity index (χ2n) is 7.91. The van der Waals surface area contributed by atoms with Crippen LogP contribution in [0.1, 0.15) is 34.5 Å². The lowest BCUT2D eigenvalue weighted by atomic mass is 10.1. The molecule has 0 unspecified atom stereocenters. The SMILES string of the molecule is COC(=O)[C@@H](NC(=O)c1cc(NC(C)=O)c2c(c1)ncn2Cc1ccc(F)cc1)c1ccccc1. The van der Waals surface area contributed by atoms with Crippen molar-refractivity contribution in [2.24, 2.45) is 0 Å². The number of methoxy groups -OCH3 is 1. The molecule has 35 heavy (non-hydrogen) atoms. The first-order valence-corrected chi connectivity index (χ1v) is 10.8. The summed E-state index contributed by atoms with van der Waals surface area (Å²) in [7, 11) is 1.25. The average molecular weight is 474 g/mol. The van der Waals surface area contributed by atoms with Crippen molar-refractivity contribution in [2.75, 3.05) is 12.4 Å². The third-order valence-electron chi connectivity index (χ3n) is 5.40. The lowest BCUT2D eigenvalue weighted by Gasteiger charge is -2.17. The van der Waals surface area contributed by atoms with Crippen LogP contribution in [0, 0.1) is 5.82 Å². The summed E-state index contributed by atoms with van der Waals surface area (Å²) in [5.41, 5.74) is 3.07. The van der Waals surface area contributed by atoms with Crippen LogP contribution in [0.15, 0.2) is 73.1 Å². The van der Waals surface area contributed by atoms with E-state index in [9.17, 15) is 18.8 Å². The molecule has 1 heterocycles. The van der Waals surface area contributed by atoms with E-state index in [1.165, 1.54) is 32.2 Å². The van der Waals surface area contributed by atoms with Crippen molar-refractivity contribution >= 4 is 34.5 Å². The van der Waals surface area contributed by atoms with Crippen LogP contribution in [0.2, 0.25) is 0 Å². The molecule has 4 aromatic rings. The number of nitrogens with one attached hydrogen (secondary N) is 2. The molecule has 0 aliphatic rings. The lowest BCUT2D eigenvalue weighted by molar-refractivity contribution is -0.143. The van der Waals surface area contributed by atoms with Gasteiger partial charge in [0.15, 0.2) is 6.04 Å². The minimum absolute atomic E-state index is 0.207. The number of anilines is 1. The molecule has 0 bridgehead atoms. The van der Waals surface area contributed by atoms with Crippen LogP contribution < -0.4 is 10.6 Å². The average Bonchev–Trinajstić information content (AvgIpc) is 3.26. The Bertz CT molecular complexity index is 1380. The summed E-state index contributed by atoms with van der Waals surface area (Å²) in [6, 6.07) is 16.9. The number of rotatable bonds is 7. The predicted octanol–water partition coefficient (Wildman–Crippen LogP) is 3.83. The number of ether oxygens (including phenoxy) is 1. The largest absolute Gasteiger partial charge is 0.467 e. The molecule has 3 aromatic carbocycles. The molecule has 1 aromatic heterocycles. The molecule has 0 aliphatic heterocycles. The Kier molecular flexibility index (Phi) is 6.86. The fraction of sp³-hybridized carbons (Fsp3) is 0.154. The van der Waals surface area contributed by atoms with Crippen molar-refractivity contribution in [1.82, 2.24) is 14.9 Å². The van der Waals surface area contributed by atoms with Gasteiger partial charge < -0.3 is 19.9 Å². The van der Waals surface area contributed by atoms with Gasteiger partial charge in [0, 0.05) is 19.0 Å². The van der Waals surface area contributed by atoms with E-state index in [0.29, 0.717) is 28.8 Å². The maximum absolute atomic E-state index is 13.3. The number of fused-ring (bicyclic) bond motifs is 1. The van der Waals surface area contributed by atoms with Gasteiger partial charge in [0.25, 0.3) is 5.91 Å². The Morgan fingerprint density at radius 2 is 1.77 bits per heavy atom. The van der Waals surface area contributed by atoms with E-state index in [2.05, 4.69) is 15.6 Å². The highest BCUT2D eigenvalue weighted by Crippen LogP contribution is 2.27. The van der Waals surface area contributed by atoms with Crippen LogP contribution in [0.25, 0.3) is 11.0 Å². The zero-order chi connectivity index (χ0) is 24.9. The Hall–Kier alpha value is -4.53. The van der Waals surface area contributed by atoms with E-state index in [4.69, 9.17) is 4.74 Å². The van der Waals surface area contributed by atoms with Crippen molar-refractivity contribution in [1.29, 1.82) is 0 Å². The van der Waals surface area contributed by atoms with Gasteiger partial charge in [-0.05, 0) is 35.4 Å². The molecule has 2 amide bonds. The van der Waals surface area contributed by atoms with E-state index < -0.39 is 17.9 Å². The normalized spacial score (nSPS) is 11.6. The van der Waals surface area contributed by atoms with Gasteiger partial charge in [0.2, 0.25) is 5.91 Å². The molecule has 0 spiro atoms. The second-order valence-corrected chi connectivity index (χ2v) is 7.91. The number of esters is 1. The molecule has 9 heteroatoms. The van der Waals surface area contributed by atoms with Crippen molar-refractivity contribution < 1.29 is 23.5 Å². The van der Waals surface area contributed by atoms with Crippen LogP contribution in [0.3, 0.4) is 0 Å². The minimum Gasteiger partial charge on any atom is -0.467 e. The van der Waals surface area contributed by atoms with Crippen LogP contribution in [-0.4, -0.2) is 34.4 Å². The summed E-state index contributed by atoms with van der Waals surface area (Å²) in [6.07, 6.45) is 1.59. The number of hydrogen-bond acceptors (Lipinski definition) is 5. The molecule has 178 valence electrons. The summed E-state index contributed by atoms with van der Waals surface area (Å²) in [5, 5.41) is 5.45. The van der Waals surface area contributed by atoms with Gasteiger partial charge in [-0.1, -0.05) is 42.5 Å². The van der Waals surface area contributed by atoms with Crippen LogP contribution in [-0.2, 0) is 20.9 Å². The minimum atomic E-state index is -1.01. The molecular weight excluding hydrogens is 451 g/mol. The number of amides is 2. The number of carbonyl (C=O) groups excluding carboxylic acids is 3. The number of carbonyl (C=O) groups is 3. The first-order valence-electron chi connectivity index (χ1n) is 10.8. The second kappa shape index (κ2) is 10.2.